The molecular formula is C20H34N2O2. The van der Waals surface area contributed by atoms with Crippen molar-refractivity contribution >= 4 is 0 Å². The van der Waals surface area contributed by atoms with Crippen LogP contribution >= 0.6 is 0 Å². The average molecular weight is 335 g/mol. The molecule has 0 aromatic heterocycles. The second kappa shape index (κ2) is 9.40. The van der Waals surface area contributed by atoms with Gasteiger partial charge in [-0.1, -0.05) is 18.2 Å². The molecule has 2 rings (SSSR count). The van der Waals surface area contributed by atoms with Crippen LogP contribution in [-0.4, -0.2) is 67.9 Å². The van der Waals surface area contributed by atoms with Crippen molar-refractivity contribution in [3.05, 3.63) is 29.3 Å². The molecule has 1 unspecified atom stereocenters. The summed E-state index contributed by atoms with van der Waals surface area (Å²) in [7, 11) is 4.28. The Morgan fingerprint density at radius 3 is 2.42 bits per heavy atom. The zero-order valence-corrected chi connectivity index (χ0v) is 15.8. The lowest BCUT2D eigenvalue weighted by Crippen LogP contribution is -2.41. The van der Waals surface area contributed by atoms with Crippen molar-refractivity contribution in [2.45, 2.75) is 39.2 Å². The summed E-state index contributed by atoms with van der Waals surface area (Å²) in [6.07, 6.45) is 3.36. The van der Waals surface area contributed by atoms with Crippen LogP contribution in [0.2, 0.25) is 0 Å². The quantitative estimate of drug-likeness (QED) is 0.793. The minimum absolute atomic E-state index is 0.367. The molecule has 1 aliphatic heterocycles. The van der Waals surface area contributed by atoms with Crippen LogP contribution in [0.25, 0.3) is 0 Å². The molecule has 1 aromatic carbocycles. The van der Waals surface area contributed by atoms with Gasteiger partial charge in [-0.25, -0.2) is 0 Å². The number of piperidine rings is 1. The Kier molecular flexibility index (Phi) is 7.53. The SMILES string of the molecule is Cc1cccc(C)c1OCC(O)CN1CCC(CCN(C)C)CC1. The van der Waals surface area contributed by atoms with E-state index >= 15 is 0 Å². The Balaban J connectivity index is 1.69. The highest BCUT2D eigenvalue weighted by Crippen LogP contribution is 2.23. The first-order valence-corrected chi connectivity index (χ1v) is 9.20. The lowest BCUT2D eigenvalue weighted by Gasteiger charge is -2.33. The van der Waals surface area contributed by atoms with Crippen LogP contribution in [0.3, 0.4) is 0 Å². The minimum atomic E-state index is -0.428. The van der Waals surface area contributed by atoms with E-state index in [0.717, 1.165) is 35.9 Å². The van der Waals surface area contributed by atoms with E-state index in [2.05, 4.69) is 23.9 Å². The molecule has 4 nitrogen and oxygen atoms in total. The Morgan fingerprint density at radius 1 is 1.21 bits per heavy atom. The molecule has 0 aliphatic carbocycles. The molecule has 4 heteroatoms. The molecule has 1 fully saturated rings. The summed E-state index contributed by atoms with van der Waals surface area (Å²) >= 11 is 0. The van der Waals surface area contributed by atoms with Gasteiger partial charge in [-0.2, -0.15) is 0 Å². The number of hydrogen-bond acceptors (Lipinski definition) is 4. The van der Waals surface area contributed by atoms with E-state index in [0.29, 0.717) is 13.2 Å². The molecule has 1 saturated heterocycles. The summed E-state index contributed by atoms with van der Waals surface area (Å²) in [4.78, 5) is 4.64. The van der Waals surface area contributed by atoms with Crippen LogP contribution in [0.4, 0.5) is 0 Å². The van der Waals surface area contributed by atoms with Gasteiger partial charge in [0, 0.05) is 6.54 Å². The largest absolute Gasteiger partial charge is 0.490 e. The topological polar surface area (TPSA) is 35.9 Å². The van der Waals surface area contributed by atoms with E-state index < -0.39 is 6.10 Å². The van der Waals surface area contributed by atoms with Crippen LogP contribution in [-0.2, 0) is 0 Å². The van der Waals surface area contributed by atoms with Gasteiger partial charge in [-0.15, -0.1) is 0 Å². The molecule has 0 radical (unpaired) electrons. The van der Waals surface area contributed by atoms with Gasteiger partial charge in [-0.05, 0) is 83.9 Å². The molecule has 1 aliphatic rings. The fraction of sp³-hybridized carbons (Fsp3) is 0.700. The van der Waals surface area contributed by atoms with Crippen LogP contribution in [0.15, 0.2) is 18.2 Å². The maximum atomic E-state index is 10.3. The van der Waals surface area contributed by atoms with Crippen molar-refractivity contribution in [3.8, 4) is 5.75 Å². The van der Waals surface area contributed by atoms with Gasteiger partial charge in [0.1, 0.15) is 18.5 Å². The van der Waals surface area contributed by atoms with Crippen molar-refractivity contribution in [2.24, 2.45) is 5.92 Å². The average Bonchev–Trinajstić information content (AvgIpc) is 2.53. The van der Waals surface area contributed by atoms with Crippen LogP contribution in [0.1, 0.15) is 30.4 Å². The number of β-amino-alcohol motifs (C(OH)–C–C–N with tert-alkyl or cyclic N) is 1. The third kappa shape index (κ3) is 6.08. The first kappa shape index (κ1) is 19.2. The van der Waals surface area contributed by atoms with Gasteiger partial charge in [-0.3, -0.25) is 0 Å². The number of hydrogen-bond donors (Lipinski definition) is 1. The maximum absolute atomic E-state index is 10.3. The van der Waals surface area contributed by atoms with Gasteiger partial charge in [0.15, 0.2) is 0 Å². The van der Waals surface area contributed by atoms with Gasteiger partial charge >= 0.3 is 0 Å². The van der Waals surface area contributed by atoms with E-state index in [4.69, 9.17) is 4.74 Å². The fourth-order valence-electron chi connectivity index (χ4n) is 3.46. The Bertz CT molecular complexity index is 476. The smallest absolute Gasteiger partial charge is 0.125 e. The lowest BCUT2D eigenvalue weighted by molar-refractivity contribution is 0.0535. The van der Waals surface area contributed by atoms with E-state index in [1.165, 1.54) is 25.8 Å². The molecule has 0 saturated carbocycles. The summed E-state index contributed by atoms with van der Waals surface area (Å²) in [5.74, 6) is 1.76. The minimum Gasteiger partial charge on any atom is -0.490 e. The highest BCUT2D eigenvalue weighted by molar-refractivity contribution is 5.39. The highest BCUT2D eigenvalue weighted by Gasteiger charge is 2.21. The van der Waals surface area contributed by atoms with E-state index in [9.17, 15) is 5.11 Å². The van der Waals surface area contributed by atoms with E-state index in [1.807, 2.05) is 32.0 Å². The second-order valence-corrected chi connectivity index (χ2v) is 7.52. The first-order chi connectivity index (χ1) is 11.5. The van der Waals surface area contributed by atoms with Crippen molar-refractivity contribution in [1.29, 1.82) is 0 Å². The summed E-state index contributed by atoms with van der Waals surface area (Å²) in [6, 6.07) is 6.13. The van der Waals surface area contributed by atoms with Crippen LogP contribution in [0, 0.1) is 19.8 Å². The zero-order chi connectivity index (χ0) is 17.5. The van der Waals surface area contributed by atoms with Gasteiger partial charge in [0.05, 0.1) is 0 Å². The van der Waals surface area contributed by atoms with Crippen LogP contribution in [0.5, 0.6) is 5.75 Å². The Morgan fingerprint density at radius 2 is 1.83 bits per heavy atom. The number of aliphatic hydroxyl groups is 1. The van der Waals surface area contributed by atoms with Crippen molar-refractivity contribution in [2.75, 3.05) is 46.9 Å². The third-order valence-corrected chi connectivity index (χ3v) is 4.99. The van der Waals surface area contributed by atoms with Crippen molar-refractivity contribution in [3.63, 3.8) is 0 Å². The molecule has 0 amide bonds. The number of likely N-dealkylation sites (tertiary alicyclic amines) is 1. The molecule has 1 aromatic rings. The number of benzene rings is 1. The van der Waals surface area contributed by atoms with Crippen molar-refractivity contribution < 1.29 is 9.84 Å². The summed E-state index contributed by atoms with van der Waals surface area (Å²) < 4.78 is 5.87. The van der Waals surface area contributed by atoms with E-state index in [1.54, 1.807) is 0 Å². The van der Waals surface area contributed by atoms with Gasteiger partial charge < -0.3 is 19.6 Å². The predicted molar refractivity (Wildman–Crippen MR) is 99.8 cm³/mol. The van der Waals surface area contributed by atoms with Crippen molar-refractivity contribution in [1.82, 2.24) is 9.80 Å². The van der Waals surface area contributed by atoms with Gasteiger partial charge in [0.2, 0.25) is 0 Å². The molecule has 1 atom stereocenters. The van der Waals surface area contributed by atoms with E-state index in [-0.39, 0.29) is 0 Å². The second-order valence-electron chi connectivity index (χ2n) is 7.52. The number of para-hydroxylation sites is 1. The first-order valence-electron chi connectivity index (χ1n) is 9.20. The maximum Gasteiger partial charge on any atom is 0.125 e. The number of nitrogens with zero attached hydrogens (tertiary/aromatic N) is 2. The highest BCUT2D eigenvalue weighted by atomic mass is 16.5. The molecule has 0 spiro atoms. The standard InChI is InChI=1S/C20H34N2O2/c1-16-6-5-7-17(2)20(16)24-15-19(23)14-22-12-9-18(10-13-22)8-11-21(3)4/h5-7,18-19,23H,8-15H2,1-4H3. The monoisotopic (exact) mass is 334 g/mol. The number of aliphatic hydroxyl groups excluding tert-OH is 1. The molecule has 1 heterocycles. The Labute approximate surface area is 147 Å². The van der Waals surface area contributed by atoms with Gasteiger partial charge in [0.25, 0.3) is 0 Å². The molecule has 1 N–H and O–H groups in total. The predicted octanol–water partition coefficient (Wildman–Crippen LogP) is 2.71. The number of aryl methyl sites for hydroxylation is 2. The van der Waals surface area contributed by atoms with Crippen LogP contribution < -0.4 is 4.74 Å². The zero-order valence-electron chi connectivity index (χ0n) is 15.8. The normalized spacial score (nSPS) is 18.1. The molecule has 136 valence electrons. The molecule has 24 heavy (non-hydrogen) atoms. The summed E-state index contributed by atoms with van der Waals surface area (Å²) in [5, 5.41) is 10.3. The lowest BCUT2D eigenvalue weighted by atomic mass is 9.93. The number of rotatable bonds is 8. The number of ether oxygens (including phenoxy) is 1. The Hall–Kier alpha value is -1.10. The molecular weight excluding hydrogens is 300 g/mol. The third-order valence-electron chi connectivity index (χ3n) is 4.99. The fourth-order valence-corrected chi connectivity index (χ4v) is 3.46. The summed E-state index contributed by atoms with van der Waals surface area (Å²) in [5.41, 5.74) is 2.26. The molecule has 0 bridgehead atoms. The summed E-state index contributed by atoms with van der Waals surface area (Å²) in [6.45, 7) is 8.55.